The quantitative estimate of drug-likeness (QED) is 0.0406. The van der Waals surface area contributed by atoms with E-state index in [4.69, 9.17) is 9.84 Å². The van der Waals surface area contributed by atoms with Crippen molar-refractivity contribution in [2.75, 3.05) is 0 Å². The molecule has 1 unspecified atom stereocenters. The van der Waals surface area contributed by atoms with Crippen LogP contribution in [0.4, 0.5) is 0 Å². The van der Waals surface area contributed by atoms with Crippen LogP contribution in [0.5, 0.6) is 0 Å². The fraction of sp³-hybridized carbons (Fsp3) is 0.689. The first-order valence-corrected chi connectivity index (χ1v) is 20.4. The number of esters is 1. The molecule has 4 nitrogen and oxygen atoms in total. The number of carboxylic acid groups (broad SMARTS) is 1. The van der Waals surface area contributed by atoms with Gasteiger partial charge in [0.15, 0.2) is 0 Å². The van der Waals surface area contributed by atoms with Crippen molar-refractivity contribution in [2.24, 2.45) is 0 Å². The molecule has 280 valence electrons. The molecule has 1 atom stereocenters. The summed E-state index contributed by atoms with van der Waals surface area (Å²) in [6, 6.07) is 0. The third kappa shape index (κ3) is 39.7. The van der Waals surface area contributed by atoms with E-state index in [0.29, 0.717) is 6.42 Å². The van der Waals surface area contributed by atoms with Crippen LogP contribution in [0.3, 0.4) is 0 Å². The molecule has 0 fully saturated rings. The molecular formula is C45H76O4. The first-order chi connectivity index (χ1) is 24.1. The number of carboxylic acids is 1. The van der Waals surface area contributed by atoms with Crippen molar-refractivity contribution in [3.05, 3.63) is 72.9 Å². The normalized spacial score (nSPS) is 13.0. The Kier molecular flexibility index (Phi) is 37.7. The minimum absolute atomic E-state index is 0.0138. The topological polar surface area (TPSA) is 63.6 Å². The Balaban J connectivity index is 4.18. The van der Waals surface area contributed by atoms with Gasteiger partial charge in [-0.05, 0) is 77.0 Å². The summed E-state index contributed by atoms with van der Waals surface area (Å²) in [5.74, 6) is -0.789. The fourth-order valence-corrected chi connectivity index (χ4v) is 5.74. The zero-order chi connectivity index (χ0) is 35.7. The largest absolute Gasteiger partial charge is 0.481 e. The predicted octanol–water partition coefficient (Wildman–Crippen LogP) is 14.3. The lowest BCUT2D eigenvalue weighted by molar-refractivity contribution is -0.149. The molecule has 0 bridgehead atoms. The van der Waals surface area contributed by atoms with E-state index in [9.17, 15) is 9.59 Å². The molecule has 0 aliphatic heterocycles. The second-order valence-corrected chi connectivity index (χ2v) is 13.4. The number of carbonyl (C=O) groups excluding carboxylic acids is 1. The summed E-state index contributed by atoms with van der Waals surface area (Å²) in [6.07, 6.45) is 56.4. The summed E-state index contributed by atoms with van der Waals surface area (Å²) in [5, 5.41) is 8.82. The van der Waals surface area contributed by atoms with Crippen molar-refractivity contribution in [2.45, 2.75) is 200 Å². The lowest BCUT2D eigenvalue weighted by atomic mass is 10.0. The Hall–Kier alpha value is -2.62. The first kappa shape index (κ1) is 46.4. The summed E-state index contributed by atoms with van der Waals surface area (Å²) in [5.41, 5.74) is 0. The highest BCUT2D eigenvalue weighted by Crippen LogP contribution is 2.18. The van der Waals surface area contributed by atoms with Crippen molar-refractivity contribution in [3.63, 3.8) is 0 Å². The molecule has 0 aromatic heterocycles. The standard InChI is InChI=1S/C45H76O4/c1-3-5-7-9-11-13-15-17-18-19-20-21-22-23-25-27-29-34-38-42-45(48)49-43(40-36-32-30-33-37-41-44(46)47)39-35-31-28-26-24-16-14-12-10-8-6-4-2/h5,7,11,13,17-18,20-21,23,25,29,34,43H,3-4,6,8-10,12,14-16,19,22,24,26-28,30-33,35-42H2,1-2H3,(H,46,47)/b7-5-,13-11-,18-17-,21-20-,25-23-,34-29-. The molecule has 0 aromatic carbocycles. The van der Waals surface area contributed by atoms with Crippen LogP contribution < -0.4 is 0 Å². The van der Waals surface area contributed by atoms with Crippen LogP contribution in [0.1, 0.15) is 194 Å². The van der Waals surface area contributed by atoms with Gasteiger partial charge in [-0.15, -0.1) is 0 Å². The second-order valence-electron chi connectivity index (χ2n) is 13.4. The molecule has 4 heteroatoms. The van der Waals surface area contributed by atoms with Crippen molar-refractivity contribution in [1.82, 2.24) is 0 Å². The number of hydrogen-bond donors (Lipinski definition) is 1. The van der Waals surface area contributed by atoms with Crippen LogP contribution in [-0.2, 0) is 14.3 Å². The summed E-state index contributed by atoms with van der Waals surface area (Å²) in [4.78, 5) is 23.4. The molecule has 0 aliphatic rings. The molecule has 0 rings (SSSR count). The lowest BCUT2D eigenvalue weighted by Gasteiger charge is -2.18. The number of hydrogen-bond acceptors (Lipinski definition) is 3. The number of ether oxygens (including phenoxy) is 1. The number of unbranched alkanes of at least 4 members (excludes halogenated alkanes) is 15. The van der Waals surface area contributed by atoms with Crippen LogP contribution >= 0.6 is 0 Å². The smallest absolute Gasteiger partial charge is 0.306 e. The first-order valence-electron chi connectivity index (χ1n) is 20.4. The van der Waals surface area contributed by atoms with Gasteiger partial charge in [-0.1, -0.05) is 177 Å². The van der Waals surface area contributed by atoms with Crippen molar-refractivity contribution in [3.8, 4) is 0 Å². The number of aliphatic carboxylic acids is 1. The highest BCUT2D eigenvalue weighted by atomic mass is 16.5. The van der Waals surface area contributed by atoms with E-state index in [2.05, 4.69) is 86.8 Å². The van der Waals surface area contributed by atoms with E-state index in [-0.39, 0.29) is 18.5 Å². The maximum absolute atomic E-state index is 12.6. The average molecular weight is 681 g/mol. The maximum atomic E-state index is 12.6. The molecular weight excluding hydrogens is 604 g/mol. The van der Waals surface area contributed by atoms with Gasteiger partial charge >= 0.3 is 11.9 Å². The Labute approximate surface area is 303 Å². The van der Waals surface area contributed by atoms with Gasteiger partial charge in [0, 0.05) is 12.8 Å². The van der Waals surface area contributed by atoms with E-state index in [1.165, 1.54) is 70.6 Å². The number of rotatable bonds is 36. The Morgan fingerprint density at radius 1 is 0.469 bits per heavy atom. The highest BCUT2D eigenvalue weighted by molar-refractivity contribution is 5.69. The SMILES string of the molecule is CC/C=C\C/C=C\C/C=C\C/C=C\C/C=C\C/C=C\CCC(=O)OC(CCCCCCCCCCCCCC)CCCCCCCC(=O)O. The monoisotopic (exact) mass is 681 g/mol. The Morgan fingerprint density at radius 2 is 0.837 bits per heavy atom. The van der Waals surface area contributed by atoms with Gasteiger partial charge in [-0.25, -0.2) is 0 Å². The number of carbonyl (C=O) groups is 2. The third-order valence-corrected chi connectivity index (χ3v) is 8.71. The second kappa shape index (κ2) is 39.8. The molecule has 0 spiro atoms. The van der Waals surface area contributed by atoms with E-state index in [1.807, 2.05) is 0 Å². The molecule has 0 saturated carbocycles. The van der Waals surface area contributed by atoms with E-state index in [1.54, 1.807) is 0 Å². The third-order valence-electron chi connectivity index (χ3n) is 8.71. The van der Waals surface area contributed by atoms with Crippen LogP contribution in [0.2, 0.25) is 0 Å². The fourth-order valence-electron chi connectivity index (χ4n) is 5.74. The summed E-state index contributed by atoms with van der Waals surface area (Å²) < 4.78 is 5.96. The van der Waals surface area contributed by atoms with Crippen molar-refractivity contribution in [1.29, 1.82) is 0 Å². The van der Waals surface area contributed by atoms with E-state index >= 15 is 0 Å². The minimum atomic E-state index is -0.710. The van der Waals surface area contributed by atoms with Crippen molar-refractivity contribution >= 4 is 11.9 Å². The highest BCUT2D eigenvalue weighted by Gasteiger charge is 2.14. The molecule has 0 amide bonds. The van der Waals surface area contributed by atoms with Crippen LogP contribution in [-0.4, -0.2) is 23.1 Å². The zero-order valence-corrected chi connectivity index (χ0v) is 32.0. The van der Waals surface area contributed by atoms with Crippen LogP contribution in [0.25, 0.3) is 0 Å². The van der Waals surface area contributed by atoms with Crippen LogP contribution in [0, 0.1) is 0 Å². The maximum Gasteiger partial charge on any atom is 0.306 e. The summed E-state index contributed by atoms with van der Waals surface area (Å²) in [7, 11) is 0. The van der Waals surface area contributed by atoms with Gasteiger partial charge < -0.3 is 9.84 Å². The lowest BCUT2D eigenvalue weighted by Crippen LogP contribution is -2.18. The summed E-state index contributed by atoms with van der Waals surface area (Å²) >= 11 is 0. The number of allylic oxidation sites excluding steroid dienone is 12. The molecule has 0 saturated heterocycles. The zero-order valence-electron chi connectivity index (χ0n) is 32.0. The van der Waals surface area contributed by atoms with Gasteiger partial charge in [-0.2, -0.15) is 0 Å². The Bertz CT molecular complexity index is 907. The molecule has 0 aliphatic carbocycles. The van der Waals surface area contributed by atoms with Gasteiger partial charge in [-0.3, -0.25) is 9.59 Å². The van der Waals surface area contributed by atoms with Gasteiger partial charge in [0.2, 0.25) is 0 Å². The van der Waals surface area contributed by atoms with Crippen molar-refractivity contribution < 1.29 is 19.4 Å². The van der Waals surface area contributed by atoms with Gasteiger partial charge in [0.1, 0.15) is 6.10 Å². The molecule has 1 N–H and O–H groups in total. The van der Waals surface area contributed by atoms with Gasteiger partial charge in [0.05, 0.1) is 0 Å². The molecule has 0 aromatic rings. The van der Waals surface area contributed by atoms with Gasteiger partial charge in [0.25, 0.3) is 0 Å². The minimum Gasteiger partial charge on any atom is -0.481 e. The Morgan fingerprint density at radius 3 is 1.24 bits per heavy atom. The molecule has 49 heavy (non-hydrogen) atoms. The molecule has 0 radical (unpaired) electrons. The summed E-state index contributed by atoms with van der Waals surface area (Å²) in [6.45, 7) is 4.43. The van der Waals surface area contributed by atoms with E-state index in [0.717, 1.165) is 96.3 Å². The average Bonchev–Trinajstić information content (AvgIpc) is 3.09. The van der Waals surface area contributed by atoms with Crippen LogP contribution in [0.15, 0.2) is 72.9 Å². The van der Waals surface area contributed by atoms with E-state index < -0.39 is 5.97 Å². The predicted molar refractivity (Wildman–Crippen MR) is 213 cm³/mol. The molecule has 0 heterocycles.